The molecule has 0 saturated heterocycles. The third-order valence-corrected chi connectivity index (χ3v) is 4.23. The lowest BCUT2D eigenvalue weighted by molar-refractivity contribution is -0.124. The Bertz CT molecular complexity index is 311. The van der Waals surface area contributed by atoms with Gasteiger partial charge in [0.25, 0.3) is 0 Å². The van der Waals surface area contributed by atoms with E-state index in [1.54, 1.807) is 0 Å². The van der Waals surface area contributed by atoms with Crippen LogP contribution < -0.4 is 5.73 Å². The molecule has 0 aromatic rings. The van der Waals surface area contributed by atoms with Crippen LogP contribution in [0.3, 0.4) is 0 Å². The van der Waals surface area contributed by atoms with E-state index in [-0.39, 0.29) is 10.7 Å². The minimum atomic E-state index is 0.0199. The molecule has 0 aliphatic heterocycles. The van der Waals surface area contributed by atoms with Crippen molar-refractivity contribution in [3.63, 3.8) is 0 Å². The average Bonchev–Trinajstić information content (AvgIpc) is 2.26. The molecule has 2 N–H and O–H groups in total. The van der Waals surface area contributed by atoms with Crippen molar-refractivity contribution in [3.8, 4) is 0 Å². The van der Waals surface area contributed by atoms with Crippen molar-refractivity contribution in [1.29, 1.82) is 0 Å². The number of nitrogens with two attached hydrogens (primary N) is 1. The van der Waals surface area contributed by atoms with Crippen molar-refractivity contribution in [1.82, 2.24) is 0 Å². The summed E-state index contributed by atoms with van der Waals surface area (Å²) in [6, 6.07) is 0. The Morgan fingerprint density at radius 3 is 2.87 bits per heavy atom. The summed E-state index contributed by atoms with van der Waals surface area (Å²) < 4.78 is 0. The van der Waals surface area contributed by atoms with Crippen molar-refractivity contribution in [2.24, 2.45) is 23.5 Å². The summed E-state index contributed by atoms with van der Waals surface area (Å²) in [7, 11) is 0. The highest BCUT2D eigenvalue weighted by atomic mass is 79.9. The van der Waals surface area contributed by atoms with Gasteiger partial charge in [0.15, 0.2) is 5.78 Å². The molecule has 2 rings (SSSR count). The Hall–Kier alpha value is -0.410. The van der Waals surface area contributed by atoms with Crippen LogP contribution in [0.15, 0.2) is 24.3 Å². The first-order valence-corrected chi connectivity index (χ1v) is 6.38. The molecule has 4 unspecified atom stereocenters. The molecule has 3 heteroatoms. The number of alkyl halides is 1. The third-order valence-electron chi connectivity index (χ3n) is 3.41. The fourth-order valence-electron chi connectivity index (χ4n) is 2.63. The molecule has 0 amide bonds. The van der Waals surface area contributed by atoms with Gasteiger partial charge in [-0.05, 0) is 31.2 Å². The summed E-state index contributed by atoms with van der Waals surface area (Å²) in [5.74, 6) is 1.32. The molecule has 0 spiro atoms. The van der Waals surface area contributed by atoms with Gasteiger partial charge in [0.1, 0.15) is 0 Å². The lowest BCUT2D eigenvalue weighted by Gasteiger charge is -2.37. The van der Waals surface area contributed by atoms with Crippen molar-refractivity contribution >= 4 is 21.7 Å². The summed E-state index contributed by atoms with van der Waals surface area (Å²) in [5.41, 5.74) is 5.62. The van der Waals surface area contributed by atoms with Crippen LogP contribution in [0.2, 0.25) is 0 Å². The van der Waals surface area contributed by atoms with Crippen molar-refractivity contribution in [2.75, 3.05) is 6.54 Å². The Balaban J connectivity index is 2.19. The lowest BCUT2D eigenvalue weighted by atomic mass is 9.68. The maximum Gasteiger partial charge on any atom is 0.153 e. The summed E-state index contributed by atoms with van der Waals surface area (Å²) >= 11 is 3.48. The van der Waals surface area contributed by atoms with Crippen molar-refractivity contribution < 1.29 is 4.79 Å². The molecule has 4 atom stereocenters. The number of carbonyl (C=O) groups is 1. The largest absolute Gasteiger partial charge is 0.330 e. The molecule has 0 aromatic heterocycles. The predicted octanol–water partition coefficient (Wildman–Crippen LogP) is 2.05. The van der Waals surface area contributed by atoms with Crippen LogP contribution in [-0.2, 0) is 4.79 Å². The number of carbonyl (C=O) groups excluding carboxylic acids is 1. The van der Waals surface area contributed by atoms with E-state index in [2.05, 4.69) is 22.0 Å². The normalized spacial score (nSPS) is 39.2. The van der Waals surface area contributed by atoms with Crippen molar-refractivity contribution in [3.05, 3.63) is 24.3 Å². The minimum Gasteiger partial charge on any atom is -0.330 e. The number of halogens is 1. The van der Waals surface area contributed by atoms with Gasteiger partial charge >= 0.3 is 0 Å². The van der Waals surface area contributed by atoms with E-state index in [9.17, 15) is 4.79 Å². The first-order valence-electron chi connectivity index (χ1n) is 5.47. The van der Waals surface area contributed by atoms with Crippen LogP contribution in [0.1, 0.15) is 12.8 Å². The number of ketones is 1. The summed E-state index contributed by atoms with van der Waals surface area (Å²) in [4.78, 5) is 12.0. The highest BCUT2D eigenvalue weighted by Gasteiger charge is 2.40. The van der Waals surface area contributed by atoms with E-state index in [1.165, 1.54) is 0 Å². The molecule has 2 aliphatic carbocycles. The Morgan fingerprint density at radius 2 is 2.13 bits per heavy atom. The van der Waals surface area contributed by atoms with Crippen LogP contribution in [0, 0.1) is 17.8 Å². The first-order chi connectivity index (χ1) is 7.24. The van der Waals surface area contributed by atoms with E-state index in [0.29, 0.717) is 24.2 Å². The summed E-state index contributed by atoms with van der Waals surface area (Å²) in [5, 5.41) is 0. The van der Waals surface area contributed by atoms with Gasteiger partial charge in [-0.2, -0.15) is 0 Å². The predicted molar refractivity (Wildman–Crippen MR) is 64.8 cm³/mol. The molecule has 0 aromatic carbocycles. The van der Waals surface area contributed by atoms with Crippen LogP contribution >= 0.6 is 15.9 Å². The fourth-order valence-corrected chi connectivity index (χ4v) is 3.42. The maximum absolute atomic E-state index is 11.9. The number of rotatable bonds is 2. The van der Waals surface area contributed by atoms with Crippen LogP contribution in [-0.4, -0.2) is 17.2 Å². The number of allylic oxidation sites excluding steroid dienone is 4. The van der Waals surface area contributed by atoms with Gasteiger partial charge in [-0.25, -0.2) is 0 Å². The van der Waals surface area contributed by atoms with Gasteiger partial charge in [0.2, 0.25) is 0 Å². The SMILES string of the molecule is NCCC1CC(Br)C(=O)C2C=CC=CC12. The number of hydrogen-bond acceptors (Lipinski definition) is 2. The minimum absolute atomic E-state index is 0.0199. The Morgan fingerprint density at radius 1 is 1.40 bits per heavy atom. The van der Waals surface area contributed by atoms with E-state index < -0.39 is 0 Å². The fraction of sp³-hybridized carbons (Fsp3) is 0.583. The first kappa shape index (κ1) is 11.1. The smallest absolute Gasteiger partial charge is 0.153 e. The maximum atomic E-state index is 11.9. The van der Waals surface area contributed by atoms with Crippen molar-refractivity contribution in [2.45, 2.75) is 17.7 Å². The monoisotopic (exact) mass is 269 g/mol. The Kier molecular flexibility index (Phi) is 3.42. The van der Waals surface area contributed by atoms with Gasteiger partial charge in [0.05, 0.1) is 4.83 Å². The molecule has 0 bridgehead atoms. The van der Waals surface area contributed by atoms with E-state index >= 15 is 0 Å². The zero-order valence-corrected chi connectivity index (χ0v) is 10.2. The van der Waals surface area contributed by atoms with Gasteiger partial charge in [-0.3, -0.25) is 4.79 Å². The van der Waals surface area contributed by atoms with Crippen LogP contribution in [0.25, 0.3) is 0 Å². The average molecular weight is 270 g/mol. The summed E-state index contributed by atoms with van der Waals surface area (Å²) in [6.07, 6.45) is 10.2. The molecule has 1 saturated carbocycles. The molecular formula is C12H16BrNO. The third kappa shape index (κ3) is 2.08. The summed E-state index contributed by atoms with van der Waals surface area (Å²) in [6.45, 7) is 0.708. The molecule has 15 heavy (non-hydrogen) atoms. The zero-order valence-electron chi connectivity index (χ0n) is 8.60. The number of hydrogen-bond donors (Lipinski definition) is 1. The molecule has 0 radical (unpaired) electrons. The van der Waals surface area contributed by atoms with Gasteiger partial charge in [0, 0.05) is 5.92 Å². The second kappa shape index (κ2) is 4.62. The topological polar surface area (TPSA) is 43.1 Å². The van der Waals surface area contributed by atoms with Crippen LogP contribution in [0.5, 0.6) is 0 Å². The second-order valence-corrected chi connectivity index (χ2v) is 5.42. The lowest BCUT2D eigenvalue weighted by Crippen LogP contribution is -2.40. The van der Waals surface area contributed by atoms with E-state index in [0.717, 1.165) is 12.8 Å². The van der Waals surface area contributed by atoms with Crippen LogP contribution in [0.4, 0.5) is 0 Å². The van der Waals surface area contributed by atoms with E-state index in [1.807, 2.05) is 18.2 Å². The number of fused-ring (bicyclic) bond motifs is 1. The Labute approximate surface area is 98.7 Å². The molecular weight excluding hydrogens is 254 g/mol. The standard InChI is InChI=1S/C12H16BrNO/c13-11-7-8(5-6-14)9-3-1-2-4-10(9)12(11)15/h1-4,8-11H,5-7,14H2. The molecule has 2 aliphatic rings. The van der Waals surface area contributed by atoms with Gasteiger partial charge in [-0.1, -0.05) is 40.2 Å². The molecule has 0 heterocycles. The second-order valence-electron chi connectivity index (χ2n) is 4.32. The highest BCUT2D eigenvalue weighted by Crippen LogP contribution is 2.40. The quantitative estimate of drug-likeness (QED) is 0.780. The molecule has 1 fully saturated rings. The van der Waals surface area contributed by atoms with Gasteiger partial charge < -0.3 is 5.73 Å². The molecule has 2 nitrogen and oxygen atoms in total. The van der Waals surface area contributed by atoms with Gasteiger partial charge in [-0.15, -0.1) is 0 Å². The zero-order chi connectivity index (χ0) is 10.8. The molecule has 82 valence electrons. The van der Waals surface area contributed by atoms with E-state index in [4.69, 9.17) is 5.73 Å². The highest BCUT2D eigenvalue weighted by molar-refractivity contribution is 9.10. The number of Topliss-reactive ketones (excluding diaryl/α,β-unsaturated/α-hetero) is 1.